The van der Waals surface area contributed by atoms with E-state index in [4.69, 9.17) is 28.3 Å². The van der Waals surface area contributed by atoms with Crippen LogP contribution in [0.5, 0.6) is 0 Å². The summed E-state index contributed by atoms with van der Waals surface area (Å²) in [6, 6.07) is 0. The summed E-state index contributed by atoms with van der Waals surface area (Å²) >= 11 is 0. The second-order valence-corrected chi connectivity index (χ2v) is 18.6. The number of quaternary nitrogens is 1. The van der Waals surface area contributed by atoms with E-state index < -0.39 is 38.6 Å². The summed E-state index contributed by atoms with van der Waals surface area (Å²) in [6.07, 6.45) is 34.6. The SMILES string of the molecule is CC/C=C\CC(/C=C/C1C2CC(OO2)C1C/C=C\CCCC(=O)OC(COC(=O)CCCCCCC/C=C\CCCCCCCC)COP(=O)([O-])OCC[N+](C)(C)C)OO. The molecular formula is C46H80NO12P. The van der Waals surface area contributed by atoms with Crippen molar-refractivity contribution in [3.63, 3.8) is 0 Å². The van der Waals surface area contributed by atoms with Crippen LogP contribution in [-0.4, -0.2) is 93.6 Å². The van der Waals surface area contributed by atoms with Gasteiger partial charge >= 0.3 is 11.9 Å². The standard InChI is InChI=1S/C46H80NO12P/c1-6-8-10-11-12-13-14-15-16-17-18-19-20-21-26-30-45(48)53-37-40(38-55-60(51,52)54-35-34-47(3,4)5)56-46(49)31-27-23-22-25-29-41-42(44-36-43(41)58-59-44)33-32-39(57-50)28-24-9-7-2/h9,15-16,22,24-25,32-33,39-44H,6-8,10-14,17-21,23,26-31,34-38H2,1-5H3,(H-,50,51,52)/b16-15-,24-9-,25-22-,33-32+. The Hall–Kier alpha value is -2.19. The molecule has 2 aliphatic rings. The van der Waals surface area contributed by atoms with Gasteiger partial charge in [-0.3, -0.25) is 19.4 Å². The molecule has 0 aromatic rings. The van der Waals surface area contributed by atoms with Crippen LogP contribution in [0.2, 0.25) is 0 Å². The summed E-state index contributed by atoms with van der Waals surface area (Å²) in [6.45, 7) is 3.82. The van der Waals surface area contributed by atoms with Crippen LogP contribution in [0.3, 0.4) is 0 Å². The third-order valence-electron chi connectivity index (χ3n) is 10.8. The molecule has 7 atom stereocenters. The topological polar surface area (TPSA) is 159 Å². The van der Waals surface area contributed by atoms with Gasteiger partial charge < -0.3 is 27.9 Å². The second-order valence-electron chi connectivity index (χ2n) is 17.2. The van der Waals surface area contributed by atoms with Crippen molar-refractivity contribution in [1.82, 2.24) is 0 Å². The van der Waals surface area contributed by atoms with Crippen molar-refractivity contribution >= 4 is 19.8 Å². The third kappa shape index (κ3) is 26.3. The first kappa shape index (κ1) is 53.9. The molecule has 2 fully saturated rings. The van der Waals surface area contributed by atoms with E-state index in [1.807, 2.05) is 45.4 Å². The zero-order chi connectivity index (χ0) is 43.9. The molecule has 0 amide bonds. The highest BCUT2D eigenvalue weighted by atomic mass is 31.2. The van der Waals surface area contributed by atoms with Crippen LogP contribution in [0.4, 0.5) is 0 Å². The predicted molar refractivity (Wildman–Crippen MR) is 232 cm³/mol. The molecule has 13 nitrogen and oxygen atoms in total. The lowest BCUT2D eigenvalue weighted by Crippen LogP contribution is -2.37. The lowest BCUT2D eigenvalue weighted by molar-refractivity contribution is -0.870. The van der Waals surface area contributed by atoms with E-state index in [2.05, 4.69) is 43.0 Å². The van der Waals surface area contributed by atoms with Crippen molar-refractivity contribution in [3.05, 3.63) is 48.6 Å². The summed E-state index contributed by atoms with van der Waals surface area (Å²) in [5.74, 6) is -0.645. The molecule has 1 aliphatic heterocycles. The van der Waals surface area contributed by atoms with E-state index in [1.54, 1.807) is 0 Å². The van der Waals surface area contributed by atoms with E-state index in [1.165, 1.54) is 38.5 Å². The lowest BCUT2D eigenvalue weighted by Gasteiger charge is -2.28. The maximum absolute atomic E-state index is 12.8. The van der Waals surface area contributed by atoms with Gasteiger partial charge in [-0.2, -0.15) is 0 Å². The predicted octanol–water partition coefficient (Wildman–Crippen LogP) is 9.91. The van der Waals surface area contributed by atoms with Crippen molar-refractivity contribution in [2.75, 3.05) is 47.5 Å². The summed E-state index contributed by atoms with van der Waals surface area (Å²) in [5.41, 5.74) is 0. The van der Waals surface area contributed by atoms with Gasteiger partial charge in [-0.25, -0.2) is 14.7 Å². The molecule has 1 aliphatic carbocycles. The van der Waals surface area contributed by atoms with E-state index in [9.17, 15) is 24.3 Å². The maximum Gasteiger partial charge on any atom is 0.306 e. The fraction of sp³-hybridized carbons (Fsp3) is 0.783. The number of unbranched alkanes of at least 4 members (excludes halogenated alkanes) is 12. The van der Waals surface area contributed by atoms with Gasteiger partial charge in [-0.05, 0) is 64.2 Å². The van der Waals surface area contributed by atoms with Gasteiger partial charge in [0, 0.05) is 31.1 Å². The van der Waals surface area contributed by atoms with Gasteiger partial charge in [-0.15, -0.1) is 0 Å². The molecule has 0 radical (unpaired) electrons. The highest BCUT2D eigenvalue weighted by molar-refractivity contribution is 7.45. The quantitative estimate of drug-likeness (QED) is 0.0120. The summed E-state index contributed by atoms with van der Waals surface area (Å²) in [5, 5.41) is 9.32. The highest BCUT2D eigenvalue weighted by Crippen LogP contribution is 2.45. The van der Waals surface area contributed by atoms with Crippen LogP contribution in [0.1, 0.15) is 149 Å². The first-order valence-electron chi connectivity index (χ1n) is 22.9. The molecule has 1 saturated heterocycles. The number of fused-ring (bicyclic) bond motifs is 2. The number of carbonyl (C=O) groups excluding carboxylic acids is 2. The summed E-state index contributed by atoms with van der Waals surface area (Å²) in [4.78, 5) is 53.5. The fourth-order valence-electron chi connectivity index (χ4n) is 7.16. The highest BCUT2D eigenvalue weighted by Gasteiger charge is 2.49. The normalized spacial score (nSPS) is 21.4. The van der Waals surface area contributed by atoms with Crippen LogP contribution < -0.4 is 4.89 Å². The third-order valence-corrected chi connectivity index (χ3v) is 11.7. The Bertz CT molecular complexity index is 1310. The number of likely N-dealkylation sites (N-methyl/N-ethyl adjacent to an activating group) is 1. The Morgan fingerprint density at radius 1 is 0.783 bits per heavy atom. The van der Waals surface area contributed by atoms with Crippen LogP contribution >= 0.6 is 7.82 Å². The molecule has 1 saturated carbocycles. The van der Waals surface area contributed by atoms with E-state index in [0.29, 0.717) is 36.7 Å². The molecule has 14 heteroatoms. The Morgan fingerprint density at radius 2 is 1.42 bits per heavy atom. The molecule has 2 rings (SSSR count). The molecule has 0 aromatic heterocycles. The van der Waals surface area contributed by atoms with Gasteiger partial charge in [0.1, 0.15) is 32.0 Å². The van der Waals surface area contributed by atoms with Crippen LogP contribution in [0.25, 0.3) is 0 Å². The second kappa shape index (κ2) is 32.5. The number of esters is 2. The van der Waals surface area contributed by atoms with Crippen molar-refractivity contribution in [2.24, 2.45) is 11.8 Å². The number of phosphoric ester groups is 1. The number of carbonyl (C=O) groups is 2. The Balaban J connectivity index is 1.75. The number of allylic oxidation sites excluding steroid dienone is 5. The number of hydrogen-bond acceptors (Lipinski definition) is 12. The van der Waals surface area contributed by atoms with Gasteiger partial charge in [0.25, 0.3) is 7.82 Å². The van der Waals surface area contributed by atoms with Gasteiger partial charge in [0.15, 0.2) is 6.10 Å². The fourth-order valence-corrected chi connectivity index (χ4v) is 7.88. The zero-order valence-corrected chi connectivity index (χ0v) is 38.5. The molecule has 7 unspecified atom stereocenters. The minimum atomic E-state index is -4.68. The van der Waals surface area contributed by atoms with Crippen LogP contribution in [0, 0.1) is 11.8 Å². The number of ether oxygens (including phenoxy) is 2. The Kier molecular flexibility index (Phi) is 29.2. The molecule has 60 heavy (non-hydrogen) atoms. The lowest BCUT2D eigenvalue weighted by atomic mass is 9.89. The maximum atomic E-state index is 12.8. The largest absolute Gasteiger partial charge is 0.756 e. The molecule has 0 aromatic carbocycles. The average Bonchev–Trinajstić information content (AvgIpc) is 3.82. The molecule has 1 N–H and O–H groups in total. The minimum absolute atomic E-state index is 0.0135. The molecule has 2 bridgehead atoms. The number of nitrogens with zero attached hydrogens (tertiary/aromatic N) is 1. The average molecular weight is 870 g/mol. The van der Waals surface area contributed by atoms with Crippen molar-refractivity contribution in [3.8, 4) is 0 Å². The van der Waals surface area contributed by atoms with Crippen molar-refractivity contribution in [2.45, 2.75) is 173 Å². The van der Waals surface area contributed by atoms with E-state index in [-0.39, 0.29) is 50.1 Å². The van der Waals surface area contributed by atoms with E-state index in [0.717, 1.165) is 57.8 Å². The molecule has 1 heterocycles. The van der Waals surface area contributed by atoms with Crippen molar-refractivity contribution in [1.29, 1.82) is 0 Å². The number of hydrogen-bond donors (Lipinski definition) is 1. The van der Waals surface area contributed by atoms with Crippen LogP contribution in [0.15, 0.2) is 48.6 Å². The van der Waals surface area contributed by atoms with Gasteiger partial charge in [0.2, 0.25) is 0 Å². The Labute approximate surface area is 361 Å². The number of rotatable bonds is 37. The Morgan fingerprint density at radius 3 is 2.10 bits per heavy atom. The molecule has 0 spiro atoms. The first-order valence-corrected chi connectivity index (χ1v) is 24.3. The van der Waals surface area contributed by atoms with Gasteiger partial charge in [0.05, 0.1) is 33.9 Å². The molecule has 346 valence electrons. The molecular weight excluding hydrogens is 789 g/mol. The van der Waals surface area contributed by atoms with Gasteiger partial charge in [-0.1, -0.05) is 114 Å². The summed E-state index contributed by atoms with van der Waals surface area (Å²) < 4.78 is 34.0. The smallest absolute Gasteiger partial charge is 0.306 e. The minimum Gasteiger partial charge on any atom is -0.756 e. The van der Waals surface area contributed by atoms with E-state index >= 15 is 0 Å². The van der Waals surface area contributed by atoms with Crippen molar-refractivity contribution < 1.29 is 62.0 Å². The van der Waals surface area contributed by atoms with Crippen LogP contribution in [-0.2, 0) is 47.3 Å². The summed E-state index contributed by atoms with van der Waals surface area (Å²) in [7, 11) is 1.05. The first-order chi connectivity index (χ1) is 28.9. The number of phosphoric acid groups is 1. The monoisotopic (exact) mass is 870 g/mol. The zero-order valence-electron chi connectivity index (χ0n) is 37.6.